The molecule has 4 heteroatoms. The Morgan fingerprint density at radius 2 is 1.63 bits per heavy atom. The molecule has 0 aliphatic heterocycles. The number of hydrogen-bond donors (Lipinski definition) is 0. The molecule has 1 aromatic carbocycles. The van der Waals surface area contributed by atoms with E-state index < -0.39 is 0 Å². The van der Waals surface area contributed by atoms with Crippen molar-refractivity contribution in [2.24, 2.45) is 7.05 Å². The van der Waals surface area contributed by atoms with Crippen LogP contribution >= 0.6 is 15.9 Å². The highest BCUT2D eigenvalue weighted by Crippen LogP contribution is 2.36. The first-order valence-electron chi connectivity index (χ1n) is 5.95. The lowest BCUT2D eigenvalue weighted by Crippen LogP contribution is -1.89. The summed E-state index contributed by atoms with van der Waals surface area (Å²) in [6.07, 6.45) is 3.59. The number of halogens is 1. The van der Waals surface area contributed by atoms with Gasteiger partial charge in [-0.15, -0.1) is 0 Å². The van der Waals surface area contributed by atoms with Crippen molar-refractivity contribution >= 4 is 15.9 Å². The summed E-state index contributed by atoms with van der Waals surface area (Å²) in [7, 11) is 1.93. The average Bonchev–Trinajstić information content (AvgIpc) is 2.77. The molecule has 3 nitrogen and oxygen atoms in total. The van der Waals surface area contributed by atoms with E-state index in [1.807, 2.05) is 42.1 Å². The average molecular weight is 314 g/mol. The lowest BCUT2D eigenvalue weighted by atomic mass is 10.0. The molecular weight excluding hydrogens is 302 g/mol. The van der Waals surface area contributed by atoms with Crippen LogP contribution in [0.3, 0.4) is 0 Å². The summed E-state index contributed by atoms with van der Waals surface area (Å²) in [5.41, 5.74) is 4.28. The summed E-state index contributed by atoms with van der Waals surface area (Å²) in [4.78, 5) is 4.07. The van der Waals surface area contributed by atoms with Gasteiger partial charge < -0.3 is 0 Å². The zero-order valence-electron chi connectivity index (χ0n) is 10.4. The van der Waals surface area contributed by atoms with E-state index in [0.29, 0.717) is 0 Å². The summed E-state index contributed by atoms with van der Waals surface area (Å²) in [5, 5.41) is 4.61. The number of benzene rings is 1. The highest BCUT2D eigenvalue weighted by atomic mass is 79.9. The largest absolute Gasteiger partial charge is 0.265 e. The highest BCUT2D eigenvalue weighted by molar-refractivity contribution is 9.10. The zero-order chi connectivity index (χ0) is 13.2. The van der Waals surface area contributed by atoms with Gasteiger partial charge in [-0.05, 0) is 33.6 Å². The summed E-state index contributed by atoms with van der Waals surface area (Å²) in [6, 6.07) is 14.2. The predicted molar refractivity (Wildman–Crippen MR) is 79.6 cm³/mol. The van der Waals surface area contributed by atoms with Crippen LogP contribution in [0.1, 0.15) is 0 Å². The minimum atomic E-state index is 0.970. The standard InChI is InChI=1S/C15H12BrN3/c1-19-15(16)13(11-7-9-17-10-8-11)14(18-19)12-5-3-2-4-6-12/h2-10H,1H3. The quantitative estimate of drug-likeness (QED) is 0.718. The second kappa shape index (κ2) is 4.97. The maximum atomic E-state index is 4.61. The molecule has 2 heterocycles. The Morgan fingerprint density at radius 3 is 2.32 bits per heavy atom. The second-order valence-corrected chi connectivity index (χ2v) is 4.99. The Kier molecular flexibility index (Phi) is 3.17. The molecule has 0 spiro atoms. The smallest absolute Gasteiger partial charge is 0.112 e. The van der Waals surface area contributed by atoms with Gasteiger partial charge in [0.15, 0.2) is 0 Å². The molecule has 0 N–H and O–H groups in total. The monoisotopic (exact) mass is 313 g/mol. The van der Waals surface area contributed by atoms with E-state index in [4.69, 9.17) is 0 Å². The molecule has 94 valence electrons. The summed E-state index contributed by atoms with van der Waals surface area (Å²) in [6.45, 7) is 0. The van der Waals surface area contributed by atoms with Crippen LogP contribution in [0.2, 0.25) is 0 Å². The van der Waals surface area contributed by atoms with Gasteiger partial charge in [0.05, 0.1) is 0 Å². The van der Waals surface area contributed by atoms with Crippen molar-refractivity contribution in [2.45, 2.75) is 0 Å². The van der Waals surface area contributed by atoms with Crippen molar-refractivity contribution in [3.8, 4) is 22.4 Å². The Morgan fingerprint density at radius 1 is 0.947 bits per heavy atom. The third kappa shape index (κ3) is 2.19. The third-order valence-corrected chi connectivity index (χ3v) is 3.90. The number of pyridine rings is 1. The Bertz CT molecular complexity index is 690. The van der Waals surface area contributed by atoms with E-state index >= 15 is 0 Å². The topological polar surface area (TPSA) is 30.7 Å². The number of aryl methyl sites for hydroxylation is 1. The van der Waals surface area contributed by atoms with Crippen molar-refractivity contribution in [2.75, 3.05) is 0 Å². The first kappa shape index (κ1) is 12.1. The van der Waals surface area contributed by atoms with Gasteiger partial charge in [0.1, 0.15) is 10.3 Å². The molecule has 0 unspecified atom stereocenters. The molecule has 0 fully saturated rings. The van der Waals surface area contributed by atoms with Gasteiger partial charge in [-0.3, -0.25) is 9.67 Å². The lowest BCUT2D eigenvalue weighted by Gasteiger charge is -2.03. The summed E-state index contributed by atoms with van der Waals surface area (Å²) in [5.74, 6) is 0. The molecular formula is C15H12BrN3. The molecule has 3 aromatic rings. The highest BCUT2D eigenvalue weighted by Gasteiger charge is 2.17. The third-order valence-electron chi connectivity index (χ3n) is 2.99. The fraction of sp³-hybridized carbons (Fsp3) is 0.0667. The predicted octanol–water partition coefficient (Wildman–Crippen LogP) is 3.91. The van der Waals surface area contributed by atoms with Crippen molar-refractivity contribution < 1.29 is 0 Å². The zero-order valence-corrected chi connectivity index (χ0v) is 12.0. The van der Waals surface area contributed by atoms with Crippen LogP contribution in [0.5, 0.6) is 0 Å². The molecule has 19 heavy (non-hydrogen) atoms. The van der Waals surface area contributed by atoms with Gasteiger partial charge in [-0.2, -0.15) is 5.10 Å². The number of aromatic nitrogens is 3. The van der Waals surface area contributed by atoms with Crippen molar-refractivity contribution in [1.29, 1.82) is 0 Å². The van der Waals surface area contributed by atoms with Gasteiger partial charge in [0, 0.05) is 30.6 Å². The van der Waals surface area contributed by atoms with E-state index in [9.17, 15) is 0 Å². The van der Waals surface area contributed by atoms with Crippen LogP contribution < -0.4 is 0 Å². The fourth-order valence-electron chi connectivity index (χ4n) is 2.08. The molecule has 0 saturated heterocycles. The van der Waals surface area contributed by atoms with E-state index in [1.54, 1.807) is 12.4 Å². The maximum Gasteiger partial charge on any atom is 0.112 e. The minimum Gasteiger partial charge on any atom is -0.265 e. The minimum absolute atomic E-state index is 0.970. The molecule has 0 radical (unpaired) electrons. The van der Waals surface area contributed by atoms with E-state index in [2.05, 4.69) is 38.1 Å². The molecule has 0 atom stereocenters. The Balaban J connectivity index is 2.25. The van der Waals surface area contributed by atoms with Gasteiger partial charge in [0.25, 0.3) is 0 Å². The van der Waals surface area contributed by atoms with Crippen LogP contribution in [0.25, 0.3) is 22.4 Å². The summed E-state index contributed by atoms with van der Waals surface area (Å²) < 4.78 is 2.82. The van der Waals surface area contributed by atoms with Crippen LogP contribution in [0.15, 0.2) is 59.5 Å². The SMILES string of the molecule is Cn1nc(-c2ccccc2)c(-c2ccncc2)c1Br. The van der Waals surface area contributed by atoms with Crippen molar-refractivity contribution in [3.63, 3.8) is 0 Å². The first-order chi connectivity index (χ1) is 9.27. The van der Waals surface area contributed by atoms with Gasteiger partial charge in [-0.25, -0.2) is 0 Å². The number of rotatable bonds is 2. The molecule has 0 aliphatic carbocycles. The van der Waals surface area contributed by atoms with Gasteiger partial charge in [-0.1, -0.05) is 30.3 Å². The van der Waals surface area contributed by atoms with E-state index in [1.165, 1.54) is 0 Å². The second-order valence-electron chi connectivity index (χ2n) is 4.24. The van der Waals surface area contributed by atoms with E-state index in [0.717, 1.165) is 27.0 Å². The Hall–Kier alpha value is -1.94. The summed E-state index contributed by atoms with van der Waals surface area (Å²) >= 11 is 3.62. The van der Waals surface area contributed by atoms with Gasteiger partial charge in [0.2, 0.25) is 0 Å². The van der Waals surface area contributed by atoms with Crippen LogP contribution in [0.4, 0.5) is 0 Å². The number of hydrogen-bond acceptors (Lipinski definition) is 2. The van der Waals surface area contributed by atoms with Gasteiger partial charge >= 0.3 is 0 Å². The normalized spacial score (nSPS) is 10.6. The number of nitrogens with zero attached hydrogens (tertiary/aromatic N) is 3. The van der Waals surface area contributed by atoms with Crippen molar-refractivity contribution in [3.05, 3.63) is 59.5 Å². The molecule has 0 saturated carbocycles. The molecule has 2 aromatic heterocycles. The van der Waals surface area contributed by atoms with Crippen LogP contribution in [-0.4, -0.2) is 14.8 Å². The lowest BCUT2D eigenvalue weighted by molar-refractivity contribution is 0.753. The van der Waals surface area contributed by atoms with Crippen LogP contribution in [-0.2, 0) is 7.05 Å². The maximum absolute atomic E-state index is 4.61. The molecule has 0 amide bonds. The molecule has 0 aliphatic rings. The van der Waals surface area contributed by atoms with E-state index in [-0.39, 0.29) is 0 Å². The van der Waals surface area contributed by atoms with Crippen LogP contribution in [0, 0.1) is 0 Å². The first-order valence-corrected chi connectivity index (χ1v) is 6.75. The Labute approximate surface area is 120 Å². The fourth-order valence-corrected chi connectivity index (χ4v) is 2.57. The molecule has 0 bridgehead atoms. The van der Waals surface area contributed by atoms with Crippen molar-refractivity contribution in [1.82, 2.24) is 14.8 Å². The molecule has 3 rings (SSSR count).